The van der Waals surface area contributed by atoms with Crippen molar-refractivity contribution < 1.29 is 4.79 Å². The highest BCUT2D eigenvalue weighted by Gasteiger charge is 2.39. The van der Waals surface area contributed by atoms with Crippen LogP contribution in [0.25, 0.3) is 0 Å². The molecule has 1 aliphatic heterocycles. The van der Waals surface area contributed by atoms with Gasteiger partial charge in [-0.05, 0) is 6.42 Å². The monoisotopic (exact) mass is 193 g/mol. The molecule has 1 fully saturated rings. The van der Waals surface area contributed by atoms with Crippen LogP contribution in [0, 0.1) is 5.41 Å². The summed E-state index contributed by atoms with van der Waals surface area (Å²) in [7, 11) is 1.86. The lowest BCUT2D eigenvalue weighted by Crippen LogP contribution is -2.31. The van der Waals surface area contributed by atoms with E-state index in [2.05, 4.69) is 5.10 Å². The standard InChI is InChI=1S/C10H15N3O/c1-10(2)5-7-13(9(10)14)8-4-6-12(3)11-8/h4,6H,5,7H2,1-3H3. The molecule has 1 aliphatic rings. The molecule has 2 rings (SSSR count). The summed E-state index contributed by atoms with van der Waals surface area (Å²) in [5.41, 5.74) is -0.225. The van der Waals surface area contributed by atoms with Crippen molar-refractivity contribution in [3.05, 3.63) is 12.3 Å². The van der Waals surface area contributed by atoms with E-state index in [1.807, 2.05) is 33.2 Å². The second-order valence-corrected chi connectivity index (χ2v) is 4.44. The number of aryl methyl sites for hydroxylation is 1. The molecule has 1 saturated heterocycles. The summed E-state index contributed by atoms with van der Waals surface area (Å²) in [6, 6.07) is 1.87. The lowest BCUT2D eigenvalue weighted by atomic mass is 9.92. The Labute approximate surface area is 83.5 Å². The van der Waals surface area contributed by atoms with Crippen molar-refractivity contribution in [2.24, 2.45) is 12.5 Å². The van der Waals surface area contributed by atoms with E-state index in [4.69, 9.17) is 0 Å². The summed E-state index contributed by atoms with van der Waals surface area (Å²) < 4.78 is 1.72. The fraction of sp³-hybridized carbons (Fsp3) is 0.600. The Hall–Kier alpha value is -1.32. The van der Waals surface area contributed by atoms with E-state index in [9.17, 15) is 4.79 Å². The predicted octanol–water partition coefficient (Wildman–Crippen LogP) is 1.18. The molecule has 0 bridgehead atoms. The summed E-state index contributed by atoms with van der Waals surface area (Å²) in [6.45, 7) is 4.75. The van der Waals surface area contributed by atoms with Crippen molar-refractivity contribution in [2.45, 2.75) is 20.3 Å². The molecule has 0 spiro atoms. The van der Waals surface area contributed by atoms with Crippen molar-refractivity contribution in [3.63, 3.8) is 0 Å². The highest BCUT2D eigenvalue weighted by Crippen LogP contribution is 2.32. The fourth-order valence-electron chi connectivity index (χ4n) is 1.73. The zero-order valence-electron chi connectivity index (χ0n) is 8.82. The smallest absolute Gasteiger partial charge is 0.233 e. The van der Waals surface area contributed by atoms with E-state index in [1.54, 1.807) is 9.58 Å². The Kier molecular flexibility index (Phi) is 1.87. The molecule has 4 nitrogen and oxygen atoms in total. The van der Waals surface area contributed by atoms with Gasteiger partial charge in [0.25, 0.3) is 0 Å². The number of carbonyl (C=O) groups is 1. The Balaban J connectivity index is 2.26. The van der Waals surface area contributed by atoms with E-state index in [-0.39, 0.29) is 11.3 Å². The molecule has 2 heterocycles. The molecule has 0 atom stereocenters. The van der Waals surface area contributed by atoms with Crippen molar-refractivity contribution >= 4 is 11.7 Å². The van der Waals surface area contributed by atoms with E-state index < -0.39 is 0 Å². The highest BCUT2D eigenvalue weighted by molar-refractivity contribution is 5.98. The Morgan fingerprint density at radius 1 is 1.50 bits per heavy atom. The highest BCUT2D eigenvalue weighted by atomic mass is 16.2. The van der Waals surface area contributed by atoms with Gasteiger partial charge in [0, 0.05) is 31.3 Å². The lowest BCUT2D eigenvalue weighted by Gasteiger charge is -2.16. The van der Waals surface area contributed by atoms with Gasteiger partial charge in [0.2, 0.25) is 5.91 Å². The van der Waals surface area contributed by atoms with E-state index >= 15 is 0 Å². The molecule has 0 N–H and O–H groups in total. The maximum Gasteiger partial charge on any atom is 0.233 e. The molecule has 1 aromatic heterocycles. The van der Waals surface area contributed by atoms with Gasteiger partial charge in [-0.15, -0.1) is 0 Å². The van der Waals surface area contributed by atoms with Crippen molar-refractivity contribution in [1.82, 2.24) is 9.78 Å². The van der Waals surface area contributed by atoms with E-state index in [0.717, 1.165) is 18.8 Å². The first-order valence-corrected chi connectivity index (χ1v) is 4.82. The van der Waals surface area contributed by atoms with Gasteiger partial charge in [0.1, 0.15) is 0 Å². The lowest BCUT2D eigenvalue weighted by molar-refractivity contribution is -0.124. The second-order valence-electron chi connectivity index (χ2n) is 4.44. The third-order valence-corrected chi connectivity index (χ3v) is 2.76. The van der Waals surface area contributed by atoms with E-state index in [1.165, 1.54) is 0 Å². The molecular weight excluding hydrogens is 178 g/mol. The Morgan fingerprint density at radius 3 is 2.64 bits per heavy atom. The predicted molar refractivity (Wildman–Crippen MR) is 54.0 cm³/mol. The van der Waals surface area contributed by atoms with Gasteiger partial charge in [-0.1, -0.05) is 13.8 Å². The molecule has 0 radical (unpaired) electrons. The number of hydrogen-bond acceptors (Lipinski definition) is 2. The maximum absolute atomic E-state index is 11.9. The summed E-state index contributed by atoms with van der Waals surface area (Å²) in [4.78, 5) is 13.7. The zero-order valence-corrected chi connectivity index (χ0v) is 8.82. The Bertz CT molecular complexity index is 367. The molecule has 0 aliphatic carbocycles. The summed E-state index contributed by atoms with van der Waals surface area (Å²) in [6.07, 6.45) is 2.76. The largest absolute Gasteiger partial charge is 0.295 e. The number of nitrogens with zero attached hydrogens (tertiary/aromatic N) is 3. The van der Waals surface area contributed by atoms with Crippen LogP contribution in [0.3, 0.4) is 0 Å². The second kappa shape index (κ2) is 2.83. The first-order chi connectivity index (χ1) is 6.50. The molecule has 4 heteroatoms. The molecule has 0 unspecified atom stereocenters. The molecule has 0 saturated carbocycles. The third-order valence-electron chi connectivity index (χ3n) is 2.76. The molecule has 1 amide bonds. The SMILES string of the molecule is Cn1ccc(N2CCC(C)(C)C2=O)n1. The molecule has 14 heavy (non-hydrogen) atoms. The van der Waals surface area contributed by atoms with E-state index in [0.29, 0.717) is 0 Å². The molecule has 0 aromatic carbocycles. The molecule has 1 aromatic rings. The summed E-state index contributed by atoms with van der Waals surface area (Å²) >= 11 is 0. The maximum atomic E-state index is 11.9. The van der Waals surface area contributed by atoms with Gasteiger partial charge >= 0.3 is 0 Å². The van der Waals surface area contributed by atoms with Crippen LogP contribution >= 0.6 is 0 Å². The summed E-state index contributed by atoms with van der Waals surface area (Å²) in [5.74, 6) is 0.944. The minimum absolute atomic E-state index is 0.177. The van der Waals surface area contributed by atoms with Crippen LogP contribution in [0.4, 0.5) is 5.82 Å². The average Bonchev–Trinajstić information content (AvgIpc) is 2.60. The van der Waals surface area contributed by atoms with Gasteiger partial charge in [-0.25, -0.2) is 0 Å². The van der Waals surface area contributed by atoms with Gasteiger partial charge in [-0.2, -0.15) is 5.10 Å². The van der Waals surface area contributed by atoms with Crippen molar-refractivity contribution in [3.8, 4) is 0 Å². The van der Waals surface area contributed by atoms with Crippen LogP contribution in [0.2, 0.25) is 0 Å². The van der Waals surface area contributed by atoms with Crippen LogP contribution in [0.5, 0.6) is 0 Å². The normalized spacial score (nSPS) is 20.5. The topological polar surface area (TPSA) is 38.1 Å². The van der Waals surface area contributed by atoms with Gasteiger partial charge < -0.3 is 0 Å². The van der Waals surface area contributed by atoms with Crippen LogP contribution in [-0.2, 0) is 11.8 Å². The first kappa shape index (κ1) is 9.24. The van der Waals surface area contributed by atoms with Gasteiger partial charge in [-0.3, -0.25) is 14.4 Å². The first-order valence-electron chi connectivity index (χ1n) is 4.82. The van der Waals surface area contributed by atoms with Gasteiger partial charge in [0.05, 0.1) is 0 Å². The van der Waals surface area contributed by atoms with Crippen LogP contribution in [0.1, 0.15) is 20.3 Å². The zero-order chi connectivity index (χ0) is 10.3. The minimum Gasteiger partial charge on any atom is -0.295 e. The number of amides is 1. The van der Waals surface area contributed by atoms with Crippen molar-refractivity contribution in [1.29, 1.82) is 0 Å². The molecular formula is C10H15N3O. The number of anilines is 1. The number of carbonyl (C=O) groups excluding carboxylic acids is 1. The average molecular weight is 193 g/mol. The number of hydrogen-bond donors (Lipinski definition) is 0. The van der Waals surface area contributed by atoms with Crippen LogP contribution < -0.4 is 4.90 Å². The fourth-order valence-corrected chi connectivity index (χ4v) is 1.73. The summed E-state index contributed by atoms with van der Waals surface area (Å²) in [5, 5.41) is 4.23. The van der Waals surface area contributed by atoms with Gasteiger partial charge in [0.15, 0.2) is 5.82 Å². The molecule has 76 valence electrons. The Morgan fingerprint density at radius 2 is 2.21 bits per heavy atom. The minimum atomic E-state index is -0.225. The number of aromatic nitrogens is 2. The quantitative estimate of drug-likeness (QED) is 0.671. The van der Waals surface area contributed by atoms with Crippen LogP contribution in [0.15, 0.2) is 12.3 Å². The van der Waals surface area contributed by atoms with Crippen LogP contribution in [-0.4, -0.2) is 22.2 Å². The third kappa shape index (κ3) is 1.31. The number of rotatable bonds is 1. The van der Waals surface area contributed by atoms with Crippen molar-refractivity contribution in [2.75, 3.05) is 11.4 Å².